The second-order valence-corrected chi connectivity index (χ2v) is 5.17. The van der Waals surface area contributed by atoms with E-state index >= 15 is 0 Å². The average Bonchev–Trinajstić information content (AvgIpc) is 2.15. The molecular formula is C10H17NO3S2. The molecule has 0 amide bonds. The Hall–Kier alpha value is -0.720. The van der Waals surface area contributed by atoms with Crippen LogP contribution in [-0.2, 0) is 10.0 Å². The van der Waals surface area contributed by atoms with Crippen molar-refractivity contribution in [3.63, 3.8) is 0 Å². The Labute approximate surface area is 103 Å². The Kier molecular flexibility index (Phi) is 5.85. The minimum absolute atomic E-state index is 0. The van der Waals surface area contributed by atoms with E-state index in [-0.39, 0.29) is 13.5 Å². The summed E-state index contributed by atoms with van der Waals surface area (Å²) in [6, 6.07) is 6.69. The van der Waals surface area contributed by atoms with Gasteiger partial charge in [0, 0.05) is 5.69 Å². The summed E-state index contributed by atoms with van der Waals surface area (Å²) in [5.74, 6) is 0. The summed E-state index contributed by atoms with van der Waals surface area (Å²) in [6.45, 7) is 1.88. The minimum atomic E-state index is -3.23. The molecule has 1 rings (SSSR count). The van der Waals surface area contributed by atoms with E-state index in [1.807, 2.05) is 6.92 Å². The maximum Gasteiger partial charge on any atom is 0.229 e. The van der Waals surface area contributed by atoms with E-state index < -0.39 is 16.1 Å². The molecule has 0 bridgehead atoms. The van der Waals surface area contributed by atoms with Crippen molar-refractivity contribution in [1.29, 1.82) is 0 Å². The molecule has 0 radical (unpaired) electrons. The smallest absolute Gasteiger partial charge is 0.229 e. The number of nitrogens with one attached hydrogen (secondary N) is 1. The minimum Gasteiger partial charge on any atom is -0.388 e. The van der Waals surface area contributed by atoms with Crippen LogP contribution in [0.2, 0.25) is 0 Å². The summed E-state index contributed by atoms with van der Waals surface area (Å²) in [4.78, 5) is 0. The van der Waals surface area contributed by atoms with Crippen molar-refractivity contribution in [2.75, 3.05) is 11.0 Å². The van der Waals surface area contributed by atoms with Gasteiger partial charge in [0.15, 0.2) is 0 Å². The first kappa shape index (κ1) is 15.3. The first-order valence-electron chi connectivity index (χ1n) is 4.68. The van der Waals surface area contributed by atoms with Crippen molar-refractivity contribution in [3.8, 4) is 0 Å². The molecule has 1 aromatic rings. The van der Waals surface area contributed by atoms with E-state index in [4.69, 9.17) is 0 Å². The van der Waals surface area contributed by atoms with Gasteiger partial charge in [0.2, 0.25) is 10.0 Å². The highest BCUT2D eigenvalue weighted by Gasteiger charge is 2.05. The highest BCUT2D eigenvalue weighted by Crippen LogP contribution is 2.18. The second-order valence-electron chi connectivity index (χ2n) is 3.42. The highest BCUT2D eigenvalue weighted by molar-refractivity contribution is 7.92. The molecule has 0 heterocycles. The van der Waals surface area contributed by atoms with Crippen molar-refractivity contribution < 1.29 is 13.5 Å². The summed E-state index contributed by atoms with van der Waals surface area (Å²) < 4.78 is 24.2. The Balaban J connectivity index is 0.00000225. The molecule has 16 heavy (non-hydrogen) atoms. The van der Waals surface area contributed by atoms with Gasteiger partial charge in [-0.25, -0.2) is 8.42 Å². The lowest BCUT2D eigenvalue weighted by Gasteiger charge is -2.09. The number of sulfonamides is 1. The summed E-state index contributed by atoms with van der Waals surface area (Å²) >= 11 is 0. The maximum atomic E-state index is 10.9. The molecule has 0 saturated heterocycles. The molecule has 0 saturated carbocycles. The first-order chi connectivity index (χ1) is 6.92. The molecule has 1 atom stereocenters. The van der Waals surface area contributed by atoms with Crippen LogP contribution >= 0.6 is 13.5 Å². The molecule has 0 aliphatic carbocycles. The summed E-state index contributed by atoms with van der Waals surface area (Å²) in [5.41, 5.74) is 1.29. The zero-order chi connectivity index (χ0) is 11.5. The molecule has 0 aliphatic heterocycles. The fraction of sp³-hybridized carbons (Fsp3) is 0.400. The topological polar surface area (TPSA) is 66.4 Å². The van der Waals surface area contributed by atoms with Crippen molar-refractivity contribution in [2.24, 2.45) is 0 Å². The third kappa shape index (κ3) is 4.87. The quantitative estimate of drug-likeness (QED) is 0.867. The Morgan fingerprint density at radius 1 is 1.31 bits per heavy atom. The van der Waals surface area contributed by atoms with Crippen LogP contribution in [0.25, 0.3) is 0 Å². The molecule has 1 aromatic carbocycles. The first-order valence-corrected chi connectivity index (χ1v) is 6.57. The average molecular weight is 263 g/mol. The van der Waals surface area contributed by atoms with Gasteiger partial charge in [-0.05, 0) is 24.1 Å². The van der Waals surface area contributed by atoms with Gasteiger partial charge in [-0.3, -0.25) is 4.72 Å². The molecule has 0 spiro atoms. The maximum absolute atomic E-state index is 10.9. The lowest BCUT2D eigenvalue weighted by Crippen LogP contribution is -2.09. The normalized spacial score (nSPS) is 12.7. The predicted octanol–water partition coefficient (Wildman–Crippen LogP) is 1.61. The van der Waals surface area contributed by atoms with Crippen molar-refractivity contribution in [1.82, 2.24) is 0 Å². The largest absolute Gasteiger partial charge is 0.388 e. The Bertz CT molecular complexity index is 414. The van der Waals surface area contributed by atoms with Crippen LogP contribution in [0, 0.1) is 0 Å². The van der Waals surface area contributed by atoms with Crippen LogP contribution in [0.1, 0.15) is 25.0 Å². The SMILES string of the molecule is CC[C@@H](O)c1ccc(NS(C)(=O)=O)cc1.S. The van der Waals surface area contributed by atoms with Crippen LogP contribution in [0.5, 0.6) is 0 Å². The van der Waals surface area contributed by atoms with Gasteiger partial charge in [-0.1, -0.05) is 19.1 Å². The standard InChI is InChI=1S/C10H15NO3S.H2S/c1-3-10(12)8-4-6-9(7-5-8)11-15(2,13)14;/h4-7,10-12H,3H2,1-2H3;1H2/t10-;/m1./s1. The van der Waals surface area contributed by atoms with Gasteiger partial charge in [-0.15, -0.1) is 0 Å². The molecule has 0 aliphatic rings. The summed E-state index contributed by atoms with van der Waals surface area (Å²) in [5, 5.41) is 9.51. The van der Waals surface area contributed by atoms with E-state index in [9.17, 15) is 13.5 Å². The van der Waals surface area contributed by atoms with Crippen LogP contribution in [0.15, 0.2) is 24.3 Å². The van der Waals surface area contributed by atoms with Gasteiger partial charge in [0.05, 0.1) is 12.4 Å². The zero-order valence-corrected chi connectivity index (χ0v) is 11.1. The molecule has 0 fully saturated rings. The zero-order valence-electron chi connectivity index (χ0n) is 9.27. The molecule has 92 valence electrons. The van der Waals surface area contributed by atoms with Crippen LogP contribution in [0.3, 0.4) is 0 Å². The lowest BCUT2D eigenvalue weighted by molar-refractivity contribution is 0.173. The monoisotopic (exact) mass is 263 g/mol. The Morgan fingerprint density at radius 2 is 1.81 bits per heavy atom. The van der Waals surface area contributed by atoms with E-state index in [2.05, 4.69) is 4.72 Å². The van der Waals surface area contributed by atoms with Gasteiger partial charge < -0.3 is 5.11 Å². The number of rotatable bonds is 4. The van der Waals surface area contributed by atoms with E-state index in [0.29, 0.717) is 12.1 Å². The molecule has 0 unspecified atom stereocenters. The number of aliphatic hydroxyl groups excluding tert-OH is 1. The number of anilines is 1. The van der Waals surface area contributed by atoms with Crippen LogP contribution in [-0.4, -0.2) is 19.8 Å². The lowest BCUT2D eigenvalue weighted by atomic mass is 10.1. The number of hydrogen-bond acceptors (Lipinski definition) is 3. The van der Waals surface area contributed by atoms with E-state index in [0.717, 1.165) is 11.8 Å². The fourth-order valence-corrected chi connectivity index (χ4v) is 1.79. The van der Waals surface area contributed by atoms with E-state index in [1.165, 1.54) is 0 Å². The third-order valence-corrected chi connectivity index (χ3v) is 2.59. The van der Waals surface area contributed by atoms with Gasteiger partial charge in [0.25, 0.3) is 0 Å². The second kappa shape index (κ2) is 6.12. The summed E-state index contributed by atoms with van der Waals surface area (Å²) in [7, 11) is -3.23. The predicted molar refractivity (Wildman–Crippen MR) is 70.5 cm³/mol. The van der Waals surface area contributed by atoms with Crippen LogP contribution < -0.4 is 4.72 Å². The number of benzene rings is 1. The Morgan fingerprint density at radius 3 is 2.19 bits per heavy atom. The number of aliphatic hydroxyl groups is 1. The number of hydrogen-bond donors (Lipinski definition) is 2. The van der Waals surface area contributed by atoms with Crippen molar-refractivity contribution in [2.45, 2.75) is 19.4 Å². The summed E-state index contributed by atoms with van der Waals surface area (Å²) in [6.07, 6.45) is 1.25. The van der Waals surface area contributed by atoms with Gasteiger partial charge in [-0.2, -0.15) is 13.5 Å². The highest BCUT2D eigenvalue weighted by atomic mass is 32.2. The third-order valence-electron chi connectivity index (χ3n) is 1.99. The van der Waals surface area contributed by atoms with E-state index in [1.54, 1.807) is 24.3 Å². The molecule has 0 aromatic heterocycles. The molecule has 6 heteroatoms. The molecular weight excluding hydrogens is 246 g/mol. The van der Waals surface area contributed by atoms with Crippen LogP contribution in [0.4, 0.5) is 5.69 Å². The van der Waals surface area contributed by atoms with Gasteiger partial charge in [0.1, 0.15) is 0 Å². The molecule has 4 nitrogen and oxygen atoms in total. The molecule has 2 N–H and O–H groups in total. The fourth-order valence-electron chi connectivity index (χ4n) is 1.22. The van der Waals surface area contributed by atoms with Crippen molar-refractivity contribution >= 4 is 29.2 Å². The van der Waals surface area contributed by atoms with Crippen molar-refractivity contribution in [3.05, 3.63) is 29.8 Å². The van der Waals surface area contributed by atoms with Gasteiger partial charge >= 0.3 is 0 Å².